The van der Waals surface area contributed by atoms with Gasteiger partial charge in [0.1, 0.15) is 0 Å². The Bertz CT molecular complexity index is 2890. The van der Waals surface area contributed by atoms with Gasteiger partial charge in [0.25, 0.3) is 6.71 Å². The van der Waals surface area contributed by atoms with Crippen molar-refractivity contribution in [3.8, 4) is 0 Å². The predicted octanol–water partition coefficient (Wildman–Crippen LogP) is 17.2. The first-order valence-corrected chi connectivity index (χ1v) is 26.4. The number of hydrogen-bond donors (Lipinski definition) is 0. The maximum absolute atomic E-state index is 2.61. The van der Waals surface area contributed by atoms with Crippen LogP contribution in [0.15, 0.2) is 133 Å². The second kappa shape index (κ2) is 18.0. The van der Waals surface area contributed by atoms with Crippen molar-refractivity contribution in [2.75, 3.05) is 14.7 Å². The third kappa shape index (κ3) is 8.37. The molecule has 0 spiro atoms. The lowest BCUT2D eigenvalue weighted by Gasteiger charge is -2.46. The SMILES string of the molecule is CCC(C)(C)c1ccc(N2c3ccc(C(C)(C)CC)cc3B3c4cc(C(C)(C)CC)ccc4N(c4ccc(C(C)(C)CC)cc4)c4cc(N(c5ccc(C)cc5C)c5ccc(C)cc5C)cc2c43)cc1. The monoisotopic (exact) mass is 924 g/mol. The van der Waals surface area contributed by atoms with Gasteiger partial charge < -0.3 is 14.7 Å². The van der Waals surface area contributed by atoms with E-state index in [1.54, 1.807) is 0 Å². The van der Waals surface area contributed by atoms with E-state index in [0.717, 1.165) is 31.4 Å². The highest BCUT2D eigenvalue weighted by molar-refractivity contribution is 7.00. The average molecular weight is 924 g/mol. The number of hydrogen-bond acceptors (Lipinski definition) is 3. The second-order valence-corrected chi connectivity index (χ2v) is 23.5. The highest BCUT2D eigenvalue weighted by atomic mass is 15.2. The highest BCUT2D eigenvalue weighted by Crippen LogP contribution is 2.50. The van der Waals surface area contributed by atoms with Crippen molar-refractivity contribution in [1.82, 2.24) is 0 Å². The summed E-state index contributed by atoms with van der Waals surface area (Å²) in [5, 5.41) is 0. The Hall–Kier alpha value is -6.00. The molecule has 0 N–H and O–H groups in total. The van der Waals surface area contributed by atoms with Crippen molar-refractivity contribution in [1.29, 1.82) is 0 Å². The van der Waals surface area contributed by atoms with E-state index >= 15 is 0 Å². The number of anilines is 9. The van der Waals surface area contributed by atoms with E-state index in [4.69, 9.17) is 0 Å². The minimum absolute atomic E-state index is 0.00208. The molecule has 0 atom stereocenters. The van der Waals surface area contributed by atoms with Crippen molar-refractivity contribution >= 4 is 74.3 Å². The normalized spacial score (nSPS) is 13.6. The van der Waals surface area contributed by atoms with Crippen LogP contribution in [0.4, 0.5) is 51.2 Å². The lowest BCUT2D eigenvalue weighted by Crippen LogP contribution is -2.61. The molecule has 0 saturated carbocycles. The fourth-order valence-corrected chi connectivity index (χ4v) is 11.0. The zero-order valence-electron chi connectivity index (χ0n) is 45.4. The standard InChI is InChI=1S/C66H78BN3/c1-17-63(9,10)47-23-29-51(30-24-47)68-58-35-27-49(65(13,14)19-3)39-54(58)67-55-40-50(66(15,16)20-4)28-36-59(55)69(52-31-25-48(26-32-52)64(11,12)18-2)61-42-53(41-60(68)62(61)67)70(56-33-21-43(5)37-45(56)7)57-34-22-44(6)38-46(57)8/h21-42H,17-20H2,1-16H3. The molecule has 2 aliphatic heterocycles. The molecule has 9 rings (SSSR count). The molecule has 0 unspecified atom stereocenters. The number of nitrogens with zero attached hydrogens (tertiary/aromatic N) is 3. The molecule has 0 bridgehead atoms. The molecule has 4 heteroatoms. The van der Waals surface area contributed by atoms with Gasteiger partial charge in [0, 0.05) is 45.5 Å². The van der Waals surface area contributed by atoms with Crippen molar-refractivity contribution in [3.63, 3.8) is 0 Å². The Balaban J connectivity index is 1.45. The van der Waals surface area contributed by atoms with Crippen LogP contribution in [0.25, 0.3) is 0 Å². The van der Waals surface area contributed by atoms with Gasteiger partial charge in [0.05, 0.1) is 5.69 Å². The van der Waals surface area contributed by atoms with Crippen molar-refractivity contribution in [3.05, 3.63) is 178 Å². The quantitative estimate of drug-likeness (QED) is 0.107. The van der Waals surface area contributed by atoms with Crippen LogP contribution in [0.1, 0.15) is 153 Å². The molecule has 7 aromatic carbocycles. The maximum atomic E-state index is 2.61. The average Bonchev–Trinajstić information content (AvgIpc) is 3.34. The van der Waals surface area contributed by atoms with Gasteiger partial charge in [-0.2, -0.15) is 0 Å². The molecule has 2 aliphatic rings. The summed E-state index contributed by atoms with van der Waals surface area (Å²) in [6, 6.07) is 52.9. The molecular weight excluding hydrogens is 846 g/mol. The smallest absolute Gasteiger partial charge is 0.252 e. The van der Waals surface area contributed by atoms with Crippen molar-refractivity contribution in [2.24, 2.45) is 0 Å². The largest absolute Gasteiger partial charge is 0.311 e. The molecule has 360 valence electrons. The molecule has 0 saturated heterocycles. The Morgan fingerprint density at radius 3 is 1.07 bits per heavy atom. The van der Waals surface area contributed by atoms with Crippen molar-refractivity contribution in [2.45, 2.75) is 158 Å². The topological polar surface area (TPSA) is 9.72 Å². The fourth-order valence-electron chi connectivity index (χ4n) is 11.0. The van der Waals surface area contributed by atoms with Gasteiger partial charge in [-0.25, -0.2) is 0 Å². The molecule has 0 fully saturated rings. The van der Waals surface area contributed by atoms with Crippen LogP contribution in [0.5, 0.6) is 0 Å². The summed E-state index contributed by atoms with van der Waals surface area (Å²) in [4.78, 5) is 7.76. The molecule has 7 aromatic rings. The van der Waals surface area contributed by atoms with Gasteiger partial charge in [0.15, 0.2) is 0 Å². The number of benzene rings is 7. The van der Waals surface area contributed by atoms with E-state index in [-0.39, 0.29) is 28.4 Å². The fraction of sp³-hybridized carbons (Fsp3) is 0.364. The summed E-state index contributed by atoms with van der Waals surface area (Å²) < 4.78 is 0. The van der Waals surface area contributed by atoms with Crippen LogP contribution in [-0.4, -0.2) is 6.71 Å². The van der Waals surface area contributed by atoms with Crippen LogP contribution in [0, 0.1) is 27.7 Å². The number of aryl methyl sites for hydroxylation is 4. The molecule has 3 nitrogen and oxygen atoms in total. The number of fused-ring (bicyclic) bond motifs is 4. The predicted molar refractivity (Wildman–Crippen MR) is 307 cm³/mol. The summed E-state index contributed by atoms with van der Waals surface area (Å²) >= 11 is 0. The first kappa shape index (κ1) is 49.0. The van der Waals surface area contributed by atoms with E-state index in [9.17, 15) is 0 Å². The van der Waals surface area contributed by atoms with E-state index in [0.29, 0.717) is 0 Å². The minimum atomic E-state index is -0.0102. The Morgan fingerprint density at radius 1 is 0.386 bits per heavy atom. The molecule has 0 radical (unpaired) electrons. The van der Waals surface area contributed by atoms with Gasteiger partial charge >= 0.3 is 0 Å². The third-order valence-electron chi connectivity index (χ3n) is 17.4. The van der Waals surface area contributed by atoms with E-state index in [1.165, 1.54) is 106 Å². The first-order valence-electron chi connectivity index (χ1n) is 26.4. The molecule has 0 aromatic heterocycles. The summed E-state index contributed by atoms with van der Waals surface area (Å²) in [7, 11) is 0. The summed E-state index contributed by atoms with van der Waals surface area (Å²) in [5.41, 5.74) is 25.5. The molecular formula is C66H78BN3. The summed E-state index contributed by atoms with van der Waals surface area (Å²) in [5.74, 6) is 0. The number of rotatable bonds is 13. The first-order chi connectivity index (χ1) is 33.1. The van der Waals surface area contributed by atoms with Gasteiger partial charge in [-0.05, 0) is 185 Å². The van der Waals surface area contributed by atoms with Gasteiger partial charge in [-0.15, -0.1) is 0 Å². The zero-order chi connectivity index (χ0) is 50.2. The van der Waals surface area contributed by atoms with Gasteiger partial charge in [-0.1, -0.05) is 167 Å². The Labute approximate surface area is 423 Å². The minimum Gasteiger partial charge on any atom is -0.311 e. The van der Waals surface area contributed by atoms with Crippen LogP contribution < -0.4 is 31.1 Å². The Kier molecular flexibility index (Phi) is 12.6. The molecule has 0 aliphatic carbocycles. The van der Waals surface area contributed by atoms with Crippen LogP contribution >= 0.6 is 0 Å². The van der Waals surface area contributed by atoms with Crippen LogP contribution in [0.3, 0.4) is 0 Å². The van der Waals surface area contributed by atoms with Crippen molar-refractivity contribution < 1.29 is 0 Å². The van der Waals surface area contributed by atoms with E-state index in [2.05, 4.69) is 259 Å². The maximum Gasteiger partial charge on any atom is 0.252 e. The third-order valence-corrected chi connectivity index (χ3v) is 17.4. The molecule has 70 heavy (non-hydrogen) atoms. The second-order valence-electron chi connectivity index (χ2n) is 23.5. The lowest BCUT2D eigenvalue weighted by atomic mass is 9.33. The van der Waals surface area contributed by atoms with E-state index < -0.39 is 0 Å². The zero-order valence-corrected chi connectivity index (χ0v) is 45.4. The van der Waals surface area contributed by atoms with Gasteiger partial charge in [-0.3, -0.25) is 0 Å². The Morgan fingerprint density at radius 2 is 0.729 bits per heavy atom. The molecule has 2 heterocycles. The van der Waals surface area contributed by atoms with Gasteiger partial charge in [0.2, 0.25) is 0 Å². The van der Waals surface area contributed by atoms with Crippen LogP contribution in [0.2, 0.25) is 0 Å². The lowest BCUT2D eigenvalue weighted by molar-refractivity contribution is 0.506. The summed E-state index contributed by atoms with van der Waals surface area (Å²) in [6.07, 6.45) is 4.25. The highest BCUT2D eigenvalue weighted by Gasteiger charge is 2.45. The summed E-state index contributed by atoms with van der Waals surface area (Å²) in [6.45, 7) is 37.3. The molecule has 0 amide bonds. The van der Waals surface area contributed by atoms with Crippen LogP contribution in [-0.2, 0) is 21.7 Å². The van der Waals surface area contributed by atoms with E-state index in [1.807, 2.05) is 0 Å².